The van der Waals surface area contributed by atoms with Crippen molar-refractivity contribution in [3.63, 3.8) is 0 Å². The monoisotopic (exact) mass is 382 g/mol. The first kappa shape index (κ1) is 19.9. The van der Waals surface area contributed by atoms with Crippen molar-refractivity contribution in [2.75, 3.05) is 18.6 Å². The number of nitriles is 1. The number of hydrogen-bond acceptors (Lipinski definition) is 6. The summed E-state index contributed by atoms with van der Waals surface area (Å²) in [5.41, 5.74) is 0.977. The van der Waals surface area contributed by atoms with Crippen LogP contribution in [-0.4, -0.2) is 30.5 Å². The van der Waals surface area contributed by atoms with E-state index < -0.39 is 5.91 Å². The molecular formula is C19H18N4O3S. The molecule has 0 atom stereocenters. The third kappa shape index (κ3) is 5.03. The molecule has 0 saturated carbocycles. The summed E-state index contributed by atoms with van der Waals surface area (Å²) in [5, 5.41) is 13.8. The predicted molar refractivity (Wildman–Crippen MR) is 105 cm³/mol. The van der Waals surface area contributed by atoms with E-state index in [-0.39, 0.29) is 18.0 Å². The maximum atomic E-state index is 12.1. The second kappa shape index (κ2) is 9.31. The van der Waals surface area contributed by atoms with Crippen LogP contribution in [0.5, 0.6) is 5.75 Å². The Labute approximate surface area is 161 Å². The normalized spacial score (nSPS) is 10.6. The largest absolute Gasteiger partial charge is 0.497 e. The molecule has 0 unspecified atom stereocenters. The Morgan fingerprint density at radius 2 is 2.11 bits per heavy atom. The van der Waals surface area contributed by atoms with Gasteiger partial charge < -0.3 is 10.1 Å². The Morgan fingerprint density at radius 1 is 1.41 bits per heavy atom. The molecule has 0 fully saturated rings. The van der Waals surface area contributed by atoms with Crippen molar-refractivity contribution < 1.29 is 14.3 Å². The Kier molecular flexibility index (Phi) is 6.86. The highest BCUT2D eigenvalue weighted by molar-refractivity contribution is 7.14. The lowest BCUT2D eigenvalue weighted by atomic mass is 10.2. The zero-order valence-corrected chi connectivity index (χ0v) is 15.7. The van der Waals surface area contributed by atoms with Crippen LogP contribution in [0.15, 0.2) is 47.9 Å². The molecule has 138 valence electrons. The average Bonchev–Trinajstić information content (AvgIpc) is 3.12. The lowest BCUT2D eigenvalue weighted by molar-refractivity contribution is -0.117. The second-order valence-corrected chi connectivity index (χ2v) is 6.11. The minimum Gasteiger partial charge on any atom is -0.497 e. The van der Waals surface area contributed by atoms with Gasteiger partial charge in [-0.15, -0.1) is 17.9 Å². The van der Waals surface area contributed by atoms with E-state index in [1.807, 2.05) is 6.07 Å². The van der Waals surface area contributed by atoms with Crippen molar-refractivity contribution in [1.29, 1.82) is 5.26 Å². The molecule has 0 bridgehead atoms. The molecule has 7 nitrogen and oxygen atoms in total. The second-order valence-electron chi connectivity index (χ2n) is 5.28. The summed E-state index contributed by atoms with van der Waals surface area (Å²) in [5.74, 6) is -0.0472. The minimum absolute atomic E-state index is 0.0764. The highest BCUT2D eigenvalue weighted by atomic mass is 32.1. The van der Waals surface area contributed by atoms with Crippen molar-refractivity contribution in [2.24, 2.45) is 0 Å². The van der Waals surface area contributed by atoms with Crippen LogP contribution in [0, 0.1) is 11.3 Å². The smallest absolute Gasteiger partial charge is 0.262 e. The fourth-order valence-electron chi connectivity index (χ4n) is 2.16. The fraction of sp³-hybridized carbons (Fsp3) is 0.158. The minimum atomic E-state index is -0.509. The van der Waals surface area contributed by atoms with E-state index in [0.717, 1.165) is 0 Å². The van der Waals surface area contributed by atoms with Crippen LogP contribution in [0.3, 0.4) is 0 Å². The van der Waals surface area contributed by atoms with E-state index in [9.17, 15) is 14.9 Å². The number of anilines is 2. The first-order chi connectivity index (χ1) is 13.0. The van der Waals surface area contributed by atoms with E-state index in [0.29, 0.717) is 22.3 Å². The van der Waals surface area contributed by atoms with Gasteiger partial charge in [0.1, 0.15) is 17.4 Å². The number of rotatable bonds is 7. The summed E-state index contributed by atoms with van der Waals surface area (Å²) in [6.45, 7) is 5.20. The van der Waals surface area contributed by atoms with Crippen LogP contribution in [0.4, 0.5) is 10.8 Å². The standard InChI is InChI=1S/C19H18N4O3S/c1-4-9-21-18(25)14(11-20)10-15-12-27-19(22-15)23(13(2)24)16-5-7-17(26-3)8-6-16/h4-8,10,12H,1,9H2,2-3H3,(H,21,25)/b14-10+. The molecule has 1 N–H and O–H groups in total. The third-order valence-electron chi connectivity index (χ3n) is 3.41. The van der Waals surface area contributed by atoms with Gasteiger partial charge in [0.05, 0.1) is 18.5 Å². The van der Waals surface area contributed by atoms with Gasteiger partial charge in [-0.05, 0) is 30.3 Å². The van der Waals surface area contributed by atoms with Gasteiger partial charge in [-0.25, -0.2) is 4.98 Å². The third-order valence-corrected chi connectivity index (χ3v) is 4.25. The number of nitrogens with zero attached hydrogens (tertiary/aromatic N) is 3. The van der Waals surface area contributed by atoms with E-state index in [1.165, 1.54) is 35.3 Å². The van der Waals surface area contributed by atoms with Crippen molar-refractivity contribution >= 4 is 40.0 Å². The van der Waals surface area contributed by atoms with Gasteiger partial charge in [0.25, 0.3) is 5.91 Å². The molecule has 2 aromatic rings. The number of hydrogen-bond donors (Lipinski definition) is 1. The fourth-order valence-corrected chi connectivity index (χ4v) is 3.00. The number of carbonyl (C=O) groups excluding carboxylic acids is 2. The highest BCUT2D eigenvalue weighted by Gasteiger charge is 2.18. The number of methoxy groups -OCH3 is 1. The lowest BCUT2D eigenvalue weighted by Gasteiger charge is -2.18. The Morgan fingerprint density at radius 3 is 2.67 bits per heavy atom. The van der Waals surface area contributed by atoms with Gasteiger partial charge in [0.2, 0.25) is 5.91 Å². The molecule has 1 aromatic carbocycles. The van der Waals surface area contributed by atoms with E-state index >= 15 is 0 Å². The molecule has 0 radical (unpaired) electrons. The Balaban J connectivity index is 2.31. The summed E-state index contributed by atoms with van der Waals surface area (Å²) in [7, 11) is 1.56. The maximum absolute atomic E-state index is 12.1. The first-order valence-corrected chi connectivity index (χ1v) is 8.79. The molecule has 2 rings (SSSR count). The molecule has 1 heterocycles. The van der Waals surface area contributed by atoms with Crippen molar-refractivity contribution in [2.45, 2.75) is 6.92 Å². The average molecular weight is 382 g/mol. The molecule has 8 heteroatoms. The highest BCUT2D eigenvalue weighted by Crippen LogP contribution is 2.30. The topological polar surface area (TPSA) is 95.3 Å². The summed E-state index contributed by atoms with van der Waals surface area (Å²) in [6.07, 6.45) is 2.90. The Hall–Kier alpha value is -3.44. The number of nitrogens with one attached hydrogen (secondary N) is 1. The van der Waals surface area contributed by atoms with Crippen LogP contribution in [0.2, 0.25) is 0 Å². The zero-order chi connectivity index (χ0) is 19.8. The quantitative estimate of drug-likeness (QED) is 0.451. The van der Waals surface area contributed by atoms with Gasteiger partial charge >= 0.3 is 0 Å². The van der Waals surface area contributed by atoms with Crippen molar-refractivity contribution in [1.82, 2.24) is 10.3 Å². The Bertz CT molecular complexity index is 910. The number of aromatic nitrogens is 1. The first-order valence-electron chi connectivity index (χ1n) is 7.91. The summed E-state index contributed by atoms with van der Waals surface area (Å²) in [4.78, 5) is 29.9. The van der Waals surface area contributed by atoms with Crippen LogP contribution < -0.4 is 15.0 Å². The summed E-state index contributed by atoms with van der Waals surface area (Å²) < 4.78 is 5.13. The lowest BCUT2D eigenvalue weighted by Crippen LogP contribution is -2.24. The van der Waals surface area contributed by atoms with Gasteiger partial charge in [0.15, 0.2) is 5.13 Å². The van der Waals surface area contributed by atoms with Gasteiger partial charge in [-0.1, -0.05) is 6.08 Å². The van der Waals surface area contributed by atoms with Gasteiger partial charge in [0, 0.05) is 18.8 Å². The van der Waals surface area contributed by atoms with Crippen molar-refractivity contribution in [3.8, 4) is 11.8 Å². The molecular weight excluding hydrogens is 364 g/mol. The number of ether oxygens (including phenoxy) is 1. The van der Waals surface area contributed by atoms with Crippen LogP contribution in [-0.2, 0) is 9.59 Å². The van der Waals surface area contributed by atoms with Gasteiger partial charge in [-0.3, -0.25) is 14.5 Å². The predicted octanol–water partition coefficient (Wildman–Crippen LogP) is 3.05. The van der Waals surface area contributed by atoms with Crippen LogP contribution >= 0.6 is 11.3 Å². The summed E-state index contributed by atoms with van der Waals surface area (Å²) >= 11 is 1.23. The molecule has 0 aliphatic heterocycles. The number of amides is 2. The molecule has 1 aromatic heterocycles. The molecule has 0 aliphatic carbocycles. The summed E-state index contributed by atoms with van der Waals surface area (Å²) in [6, 6.07) is 8.85. The molecule has 2 amide bonds. The maximum Gasteiger partial charge on any atom is 0.262 e. The van der Waals surface area contributed by atoms with Crippen molar-refractivity contribution in [3.05, 3.63) is 53.6 Å². The van der Waals surface area contributed by atoms with Crippen LogP contribution in [0.1, 0.15) is 12.6 Å². The SMILES string of the molecule is C=CCNC(=O)/C(C#N)=C/c1csc(N(C(C)=O)c2ccc(OC)cc2)n1. The number of benzene rings is 1. The van der Waals surface area contributed by atoms with E-state index in [4.69, 9.17) is 4.74 Å². The zero-order valence-electron chi connectivity index (χ0n) is 14.9. The molecule has 0 spiro atoms. The number of thiazole rings is 1. The van der Waals surface area contributed by atoms with Crippen LogP contribution in [0.25, 0.3) is 6.08 Å². The van der Waals surface area contributed by atoms with E-state index in [1.54, 1.807) is 36.8 Å². The van der Waals surface area contributed by atoms with E-state index in [2.05, 4.69) is 16.9 Å². The molecule has 0 aliphatic rings. The number of carbonyl (C=O) groups is 2. The van der Waals surface area contributed by atoms with Gasteiger partial charge in [-0.2, -0.15) is 5.26 Å². The molecule has 0 saturated heterocycles. The molecule has 27 heavy (non-hydrogen) atoms.